The smallest absolute Gasteiger partial charge is 0.240 e. The van der Waals surface area contributed by atoms with E-state index in [-0.39, 0.29) is 11.9 Å². The molecule has 0 bridgehead atoms. The number of amides is 1. The molecule has 6 nitrogen and oxygen atoms in total. The molecule has 0 saturated heterocycles. The van der Waals surface area contributed by atoms with Crippen LogP contribution in [0.25, 0.3) is 0 Å². The number of nitrogens with two attached hydrogens (primary N) is 1. The summed E-state index contributed by atoms with van der Waals surface area (Å²) in [5, 5.41) is 7.58. The molecule has 1 aliphatic rings. The van der Waals surface area contributed by atoms with E-state index in [0.717, 1.165) is 11.4 Å². The van der Waals surface area contributed by atoms with Crippen LogP contribution in [-0.4, -0.2) is 32.5 Å². The van der Waals surface area contributed by atoms with Crippen LogP contribution in [0.2, 0.25) is 0 Å². The van der Waals surface area contributed by atoms with Crippen molar-refractivity contribution < 1.29 is 4.79 Å². The van der Waals surface area contributed by atoms with Gasteiger partial charge in [-0.1, -0.05) is 0 Å². The summed E-state index contributed by atoms with van der Waals surface area (Å²) in [5.74, 6) is 0.245. The lowest BCUT2D eigenvalue weighted by Crippen LogP contribution is -2.35. The van der Waals surface area contributed by atoms with Gasteiger partial charge in [0.15, 0.2) is 0 Å². The van der Waals surface area contributed by atoms with Crippen molar-refractivity contribution in [3.63, 3.8) is 0 Å². The molecule has 74 valence electrons. The molecular weight excluding hydrogens is 182 g/mol. The summed E-state index contributed by atoms with van der Waals surface area (Å²) in [7, 11) is 0. The lowest BCUT2D eigenvalue weighted by molar-refractivity contribution is -0.129. The van der Waals surface area contributed by atoms with Crippen LogP contribution in [-0.2, 0) is 17.8 Å². The second kappa shape index (κ2) is 3.21. The van der Waals surface area contributed by atoms with Gasteiger partial charge in [-0.3, -0.25) is 4.79 Å². The summed E-state index contributed by atoms with van der Waals surface area (Å²) in [4.78, 5) is 16.9. The van der Waals surface area contributed by atoms with Gasteiger partial charge in [0.05, 0.1) is 12.2 Å². The predicted octanol–water partition coefficient (Wildman–Crippen LogP) is -0.642. The summed E-state index contributed by atoms with van der Waals surface area (Å²) in [6.45, 7) is 2.72. The first kappa shape index (κ1) is 8.86. The first-order chi connectivity index (χ1) is 6.66. The number of fused-ring (bicyclic) bond motifs is 1. The number of aromatic nitrogens is 3. The van der Waals surface area contributed by atoms with Gasteiger partial charge in [0, 0.05) is 19.9 Å². The fourth-order valence-electron chi connectivity index (χ4n) is 1.49. The Hall–Kier alpha value is -1.72. The van der Waals surface area contributed by atoms with Crippen molar-refractivity contribution in [2.24, 2.45) is 0 Å². The maximum atomic E-state index is 11.1. The fourth-order valence-corrected chi connectivity index (χ4v) is 1.49. The monoisotopic (exact) mass is 193 g/mol. The van der Waals surface area contributed by atoms with Gasteiger partial charge in [0.2, 0.25) is 11.9 Å². The second-order valence-electron chi connectivity index (χ2n) is 3.25. The van der Waals surface area contributed by atoms with Crippen LogP contribution >= 0.6 is 0 Å². The van der Waals surface area contributed by atoms with Gasteiger partial charge in [0.25, 0.3) is 0 Å². The zero-order chi connectivity index (χ0) is 10.1. The summed E-state index contributed by atoms with van der Waals surface area (Å²) < 4.78 is 0. The van der Waals surface area contributed by atoms with E-state index in [0.29, 0.717) is 19.5 Å². The average molecular weight is 193 g/mol. The first-order valence-electron chi connectivity index (χ1n) is 4.40. The molecule has 0 saturated carbocycles. The maximum Gasteiger partial charge on any atom is 0.240 e. The first-order valence-corrected chi connectivity index (χ1v) is 4.40. The van der Waals surface area contributed by atoms with E-state index >= 15 is 0 Å². The Labute approximate surface area is 81.1 Å². The van der Waals surface area contributed by atoms with Crippen molar-refractivity contribution in [2.75, 3.05) is 12.3 Å². The highest BCUT2D eigenvalue weighted by atomic mass is 16.2. The van der Waals surface area contributed by atoms with E-state index in [4.69, 9.17) is 5.73 Å². The molecule has 2 rings (SSSR count). The number of nitrogen functional groups attached to an aromatic ring is 1. The summed E-state index contributed by atoms with van der Waals surface area (Å²) >= 11 is 0. The highest BCUT2D eigenvalue weighted by molar-refractivity contribution is 5.73. The molecule has 2 heterocycles. The number of carbonyl (C=O) groups is 1. The number of nitrogens with zero attached hydrogens (tertiary/aromatic N) is 4. The van der Waals surface area contributed by atoms with Gasteiger partial charge in [-0.25, -0.2) is 4.98 Å². The third-order valence-electron chi connectivity index (χ3n) is 2.26. The van der Waals surface area contributed by atoms with Gasteiger partial charge < -0.3 is 10.6 Å². The van der Waals surface area contributed by atoms with E-state index in [9.17, 15) is 4.79 Å². The lowest BCUT2D eigenvalue weighted by Gasteiger charge is -2.25. The van der Waals surface area contributed by atoms with Crippen molar-refractivity contribution in [1.29, 1.82) is 0 Å². The second-order valence-corrected chi connectivity index (χ2v) is 3.25. The molecule has 2 N–H and O–H groups in total. The van der Waals surface area contributed by atoms with Crippen LogP contribution in [0.4, 0.5) is 5.95 Å². The number of carbonyl (C=O) groups excluding carboxylic acids is 1. The molecule has 0 spiro atoms. The molecule has 1 aromatic heterocycles. The summed E-state index contributed by atoms with van der Waals surface area (Å²) in [6, 6.07) is 0. The Bertz CT molecular complexity index is 378. The summed E-state index contributed by atoms with van der Waals surface area (Å²) in [5.41, 5.74) is 7.02. The Balaban J connectivity index is 2.27. The van der Waals surface area contributed by atoms with Gasteiger partial charge in [-0.05, 0) is 0 Å². The molecule has 1 amide bonds. The molecule has 0 unspecified atom stereocenters. The maximum absolute atomic E-state index is 11.1. The third-order valence-corrected chi connectivity index (χ3v) is 2.26. The van der Waals surface area contributed by atoms with Crippen molar-refractivity contribution in [2.45, 2.75) is 19.9 Å². The molecule has 0 fully saturated rings. The number of hydrogen-bond acceptors (Lipinski definition) is 5. The van der Waals surface area contributed by atoms with Crippen molar-refractivity contribution >= 4 is 11.9 Å². The van der Waals surface area contributed by atoms with Crippen LogP contribution < -0.4 is 5.73 Å². The van der Waals surface area contributed by atoms with E-state index < -0.39 is 0 Å². The van der Waals surface area contributed by atoms with Crippen LogP contribution in [0.15, 0.2) is 0 Å². The fraction of sp³-hybridized carbons (Fsp3) is 0.500. The largest absolute Gasteiger partial charge is 0.366 e. The van der Waals surface area contributed by atoms with Crippen molar-refractivity contribution in [1.82, 2.24) is 20.1 Å². The minimum atomic E-state index is 0.0503. The van der Waals surface area contributed by atoms with Gasteiger partial charge in [0.1, 0.15) is 5.69 Å². The Kier molecular flexibility index (Phi) is 2.03. The van der Waals surface area contributed by atoms with Crippen molar-refractivity contribution in [3.05, 3.63) is 11.4 Å². The van der Waals surface area contributed by atoms with Gasteiger partial charge in [-0.15, -0.1) is 10.2 Å². The van der Waals surface area contributed by atoms with Crippen LogP contribution in [0.3, 0.4) is 0 Å². The Morgan fingerprint density at radius 3 is 2.93 bits per heavy atom. The molecule has 0 aromatic carbocycles. The van der Waals surface area contributed by atoms with E-state index in [1.165, 1.54) is 0 Å². The Morgan fingerprint density at radius 1 is 1.43 bits per heavy atom. The topological polar surface area (TPSA) is 85.0 Å². The molecular formula is C8H11N5O. The predicted molar refractivity (Wildman–Crippen MR) is 49.0 cm³/mol. The quantitative estimate of drug-likeness (QED) is 0.592. The standard InChI is InChI=1S/C8H11N5O/c1-5(14)13-3-2-6-7(4-13)11-12-8(9)10-6/h2-4H2,1H3,(H2,9,10,12). The van der Waals surface area contributed by atoms with Gasteiger partial charge in [-0.2, -0.15) is 0 Å². The molecule has 0 aliphatic carbocycles. The zero-order valence-electron chi connectivity index (χ0n) is 7.90. The average Bonchev–Trinajstić information content (AvgIpc) is 2.16. The van der Waals surface area contributed by atoms with Crippen LogP contribution in [0.1, 0.15) is 18.3 Å². The molecule has 1 aromatic rings. The molecule has 0 radical (unpaired) electrons. The van der Waals surface area contributed by atoms with E-state index in [2.05, 4.69) is 15.2 Å². The number of anilines is 1. The summed E-state index contributed by atoms with van der Waals surface area (Å²) in [6.07, 6.45) is 0.703. The van der Waals surface area contributed by atoms with Gasteiger partial charge >= 0.3 is 0 Å². The molecule has 0 atom stereocenters. The molecule has 6 heteroatoms. The van der Waals surface area contributed by atoms with Crippen molar-refractivity contribution in [3.8, 4) is 0 Å². The molecule has 1 aliphatic heterocycles. The molecule has 14 heavy (non-hydrogen) atoms. The van der Waals surface area contributed by atoms with E-state index in [1.54, 1.807) is 11.8 Å². The number of rotatable bonds is 0. The number of hydrogen-bond donors (Lipinski definition) is 1. The highest BCUT2D eigenvalue weighted by Crippen LogP contribution is 2.14. The lowest BCUT2D eigenvalue weighted by atomic mass is 10.1. The third kappa shape index (κ3) is 1.50. The SMILES string of the molecule is CC(=O)N1CCc2nc(N)nnc2C1. The van der Waals surface area contributed by atoms with Crippen LogP contribution in [0.5, 0.6) is 0 Å². The minimum absolute atomic E-state index is 0.0503. The van der Waals surface area contributed by atoms with Crippen LogP contribution in [0, 0.1) is 0 Å². The minimum Gasteiger partial charge on any atom is -0.366 e. The van der Waals surface area contributed by atoms with E-state index in [1.807, 2.05) is 0 Å². The Morgan fingerprint density at radius 2 is 2.21 bits per heavy atom. The normalized spacial score (nSPS) is 15.1. The zero-order valence-corrected chi connectivity index (χ0v) is 7.90. The highest BCUT2D eigenvalue weighted by Gasteiger charge is 2.20.